The molecule has 0 saturated carbocycles. The average Bonchev–Trinajstić information content (AvgIpc) is 2.68. The standard InChI is InChI=1S/C19H30O7/c1-18(22-3)19(2,23-4)26-17(12-21)16(25-18)10-15(11-20)24-13-14-8-6-5-7-9-14/h5-9,15-17,20-21H,10-13H2,1-4H3/t15-,16+,17+,18-,19-/m0/s1. The molecule has 1 fully saturated rings. The van der Waals surface area contributed by atoms with Gasteiger partial charge < -0.3 is 33.9 Å². The summed E-state index contributed by atoms with van der Waals surface area (Å²) in [5.74, 6) is -2.34. The quantitative estimate of drug-likeness (QED) is 0.680. The first-order chi connectivity index (χ1) is 12.4. The van der Waals surface area contributed by atoms with Gasteiger partial charge in [0.2, 0.25) is 11.6 Å². The van der Waals surface area contributed by atoms with Crippen LogP contribution in [0.25, 0.3) is 0 Å². The van der Waals surface area contributed by atoms with Crippen molar-refractivity contribution in [1.82, 2.24) is 0 Å². The lowest BCUT2D eigenvalue weighted by molar-refractivity contribution is -0.451. The van der Waals surface area contributed by atoms with Crippen LogP contribution in [0.15, 0.2) is 30.3 Å². The van der Waals surface area contributed by atoms with Crippen molar-refractivity contribution >= 4 is 0 Å². The molecule has 0 spiro atoms. The lowest BCUT2D eigenvalue weighted by atomic mass is 10.00. The van der Waals surface area contributed by atoms with Gasteiger partial charge in [-0.3, -0.25) is 0 Å². The molecule has 2 N–H and O–H groups in total. The van der Waals surface area contributed by atoms with E-state index in [0.717, 1.165) is 5.56 Å². The number of aliphatic hydroxyl groups is 2. The Kier molecular flexibility index (Phi) is 7.54. The molecule has 7 heteroatoms. The Labute approximate surface area is 154 Å². The van der Waals surface area contributed by atoms with Crippen molar-refractivity contribution in [2.75, 3.05) is 27.4 Å². The normalized spacial score (nSPS) is 33.2. The SMILES string of the molecule is CO[C@@]1(C)O[C@H](CO)[C@@H](C[C@@H](CO)OCc2ccccc2)O[C@]1(C)OC. The molecule has 1 saturated heterocycles. The molecule has 2 rings (SSSR count). The zero-order valence-electron chi connectivity index (χ0n) is 15.9. The predicted octanol–water partition coefficient (Wildman–Crippen LogP) is 1.46. The molecule has 0 aromatic heterocycles. The molecule has 1 heterocycles. The summed E-state index contributed by atoms with van der Waals surface area (Å²) in [5, 5.41) is 19.4. The monoisotopic (exact) mass is 370 g/mol. The number of ether oxygens (including phenoxy) is 5. The van der Waals surface area contributed by atoms with Crippen LogP contribution in [0.3, 0.4) is 0 Å². The highest BCUT2D eigenvalue weighted by Crippen LogP contribution is 2.40. The minimum Gasteiger partial charge on any atom is -0.394 e. The molecule has 1 aliphatic heterocycles. The molecule has 5 atom stereocenters. The zero-order valence-corrected chi connectivity index (χ0v) is 15.9. The van der Waals surface area contributed by atoms with Gasteiger partial charge in [-0.15, -0.1) is 0 Å². The van der Waals surface area contributed by atoms with Gasteiger partial charge in [0, 0.05) is 20.6 Å². The lowest BCUT2D eigenvalue weighted by Gasteiger charge is -2.52. The fourth-order valence-electron chi connectivity index (χ4n) is 3.01. The molecule has 1 aromatic rings. The van der Waals surface area contributed by atoms with Gasteiger partial charge in [0.05, 0.1) is 32.0 Å². The first-order valence-electron chi connectivity index (χ1n) is 8.74. The van der Waals surface area contributed by atoms with Crippen LogP contribution in [0.5, 0.6) is 0 Å². The summed E-state index contributed by atoms with van der Waals surface area (Å²) in [6.07, 6.45) is -1.28. The van der Waals surface area contributed by atoms with E-state index in [-0.39, 0.29) is 13.2 Å². The number of aliphatic hydroxyl groups excluding tert-OH is 2. The summed E-state index contributed by atoms with van der Waals surface area (Å²) in [7, 11) is 3.00. The number of hydrogen-bond acceptors (Lipinski definition) is 7. The van der Waals surface area contributed by atoms with Crippen LogP contribution in [0.2, 0.25) is 0 Å². The van der Waals surface area contributed by atoms with Crippen molar-refractivity contribution in [3.8, 4) is 0 Å². The fraction of sp³-hybridized carbons (Fsp3) is 0.684. The van der Waals surface area contributed by atoms with E-state index in [1.54, 1.807) is 13.8 Å². The van der Waals surface area contributed by atoms with Gasteiger partial charge in [-0.05, 0) is 19.4 Å². The Balaban J connectivity index is 2.04. The van der Waals surface area contributed by atoms with Crippen LogP contribution in [0, 0.1) is 0 Å². The molecular formula is C19H30O7. The van der Waals surface area contributed by atoms with Gasteiger partial charge in [-0.2, -0.15) is 0 Å². The van der Waals surface area contributed by atoms with Gasteiger partial charge in [-0.25, -0.2) is 0 Å². The summed E-state index contributed by atoms with van der Waals surface area (Å²) in [6, 6.07) is 9.71. The second-order valence-corrected chi connectivity index (χ2v) is 6.63. The number of hydrogen-bond donors (Lipinski definition) is 2. The molecule has 0 radical (unpaired) electrons. The summed E-state index contributed by atoms with van der Waals surface area (Å²) >= 11 is 0. The average molecular weight is 370 g/mol. The number of rotatable bonds is 9. The third-order valence-corrected chi connectivity index (χ3v) is 4.98. The van der Waals surface area contributed by atoms with Gasteiger partial charge in [0.15, 0.2) is 0 Å². The van der Waals surface area contributed by atoms with Gasteiger partial charge in [0.25, 0.3) is 0 Å². The second-order valence-electron chi connectivity index (χ2n) is 6.63. The minimum absolute atomic E-state index is 0.171. The molecule has 0 amide bonds. The van der Waals surface area contributed by atoms with Crippen LogP contribution in [0.4, 0.5) is 0 Å². The summed E-state index contributed by atoms with van der Waals surface area (Å²) in [6.45, 7) is 3.37. The van der Waals surface area contributed by atoms with Crippen LogP contribution >= 0.6 is 0 Å². The highest BCUT2D eigenvalue weighted by molar-refractivity contribution is 5.13. The van der Waals surface area contributed by atoms with Crippen molar-refractivity contribution in [2.24, 2.45) is 0 Å². The van der Waals surface area contributed by atoms with E-state index in [0.29, 0.717) is 13.0 Å². The van der Waals surface area contributed by atoms with Gasteiger partial charge >= 0.3 is 0 Å². The summed E-state index contributed by atoms with van der Waals surface area (Å²) in [5.41, 5.74) is 1.01. The topological polar surface area (TPSA) is 86.6 Å². The maximum absolute atomic E-state index is 9.72. The summed E-state index contributed by atoms with van der Waals surface area (Å²) in [4.78, 5) is 0. The Bertz CT molecular complexity index is 540. The van der Waals surface area contributed by atoms with Crippen LogP contribution < -0.4 is 0 Å². The molecule has 0 aliphatic carbocycles. The van der Waals surface area contributed by atoms with E-state index < -0.39 is 29.9 Å². The summed E-state index contributed by atoms with van der Waals surface area (Å²) < 4.78 is 28.8. The first kappa shape index (κ1) is 21.2. The molecule has 148 valence electrons. The molecule has 1 aromatic carbocycles. The number of methoxy groups -OCH3 is 2. The van der Waals surface area contributed by atoms with Crippen molar-refractivity contribution in [2.45, 2.75) is 56.8 Å². The Morgan fingerprint density at radius 1 is 1.00 bits per heavy atom. The fourth-order valence-corrected chi connectivity index (χ4v) is 3.01. The lowest BCUT2D eigenvalue weighted by Crippen LogP contribution is -2.66. The highest BCUT2D eigenvalue weighted by atomic mass is 16.8. The minimum atomic E-state index is -1.18. The number of benzene rings is 1. The van der Waals surface area contributed by atoms with Crippen molar-refractivity contribution < 1.29 is 33.9 Å². The largest absolute Gasteiger partial charge is 0.394 e. The van der Waals surface area contributed by atoms with E-state index in [9.17, 15) is 10.2 Å². The van der Waals surface area contributed by atoms with Crippen LogP contribution in [-0.2, 0) is 30.3 Å². The maximum Gasteiger partial charge on any atom is 0.220 e. The van der Waals surface area contributed by atoms with Gasteiger partial charge in [0.1, 0.15) is 6.10 Å². The smallest absolute Gasteiger partial charge is 0.220 e. The molecule has 1 aliphatic rings. The molecule has 0 unspecified atom stereocenters. The van der Waals surface area contributed by atoms with Crippen molar-refractivity contribution in [3.63, 3.8) is 0 Å². The third kappa shape index (κ3) is 4.61. The Hall–Kier alpha value is -1.06. The second kappa shape index (κ2) is 9.23. The zero-order chi connectivity index (χ0) is 19.2. The van der Waals surface area contributed by atoms with Crippen molar-refractivity contribution in [1.29, 1.82) is 0 Å². The van der Waals surface area contributed by atoms with Crippen LogP contribution in [0.1, 0.15) is 25.8 Å². The van der Waals surface area contributed by atoms with E-state index >= 15 is 0 Å². The maximum atomic E-state index is 9.72. The third-order valence-electron chi connectivity index (χ3n) is 4.98. The molecule has 7 nitrogen and oxygen atoms in total. The van der Waals surface area contributed by atoms with E-state index in [4.69, 9.17) is 23.7 Å². The Morgan fingerprint density at radius 3 is 2.08 bits per heavy atom. The first-order valence-corrected chi connectivity index (χ1v) is 8.74. The van der Waals surface area contributed by atoms with Gasteiger partial charge in [-0.1, -0.05) is 30.3 Å². The van der Waals surface area contributed by atoms with E-state index in [1.807, 2.05) is 30.3 Å². The Morgan fingerprint density at radius 2 is 1.58 bits per heavy atom. The molecule has 26 heavy (non-hydrogen) atoms. The highest BCUT2D eigenvalue weighted by Gasteiger charge is 2.56. The van der Waals surface area contributed by atoms with Crippen LogP contribution in [-0.4, -0.2) is 67.5 Å². The van der Waals surface area contributed by atoms with E-state index in [2.05, 4.69) is 0 Å². The molecule has 0 bridgehead atoms. The molecular weight excluding hydrogens is 340 g/mol. The van der Waals surface area contributed by atoms with E-state index in [1.165, 1.54) is 14.2 Å². The predicted molar refractivity (Wildman–Crippen MR) is 94.4 cm³/mol. The van der Waals surface area contributed by atoms with Crippen molar-refractivity contribution in [3.05, 3.63) is 35.9 Å².